The van der Waals surface area contributed by atoms with E-state index in [9.17, 15) is 22.8 Å². The number of aryl methyl sites for hydroxylation is 1. The van der Waals surface area contributed by atoms with Crippen molar-refractivity contribution in [3.05, 3.63) is 70.9 Å². The van der Waals surface area contributed by atoms with E-state index in [-0.39, 0.29) is 29.2 Å². The Bertz CT molecular complexity index is 1050. The summed E-state index contributed by atoms with van der Waals surface area (Å²) in [4.78, 5) is 26.5. The van der Waals surface area contributed by atoms with Crippen molar-refractivity contribution in [3.63, 3.8) is 0 Å². The molecule has 9 heteroatoms. The predicted molar refractivity (Wildman–Crippen MR) is 97.6 cm³/mol. The lowest BCUT2D eigenvalue weighted by Crippen LogP contribution is -2.33. The normalized spacial score (nSPS) is 11.5. The van der Waals surface area contributed by atoms with Crippen molar-refractivity contribution in [3.8, 4) is 5.69 Å². The molecule has 0 fully saturated rings. The number of aromatic nitrogens is 2. The fourth-order valence-electron chi connectivity index (χ4n) is 3.03. The second kappa shape index (κ2) is 7.57. The highest BCUT2D eigenvalue weighted by Crippen LogP contribution is 2.31. The number of furan rings is 1. The van der Waals surface area contributed by atoms with E-state index >= 15 is 0 Å². The van der Waals surface area contributed by atoms with Crippen LogP contribution in [0.5, 0.6) is 0 Å². The first kappa shape index (κ1) is 20.4. The quantitative estimate of drug-likeness (QED) is 0.476. The number of halogens is 3. The average molecular weight is 405 g/mol. The summed E-state index contributed by atoms with van der Waals surface area (Å²) in [5.41, 5.74) is -0.0736. The van der Waals surface area contributed by atoms with E-state index in [1.54, 1.807) is 12.1 Å². The van der Waals surface area contributed by atoms with Gasteiger partial charge in [-0.1, -0.05) is 6.07 Å². The number of hydrogen-bond donors (Lipinski definition) is 0. The highest BCUT2D eigenvalue weighted by molar-refractivity contribution is 6.43. The van der Waals surface area contributed by atoms with E-state index < -0.39 is 23.4 Å². The van der Waals surface area contributed by atoms with Crippen molar-refractivity contribution in [2.75, 3.05) is 7.05 Å². The standard InChI is InChI=1S/C20H18F3N3O3/c1-12-17(18(27)19(28)25(3)11-16-8-5-9-29-16)13(2)26(24-12)15-7-4-6-14(10-15)20(21,22)23/h4-10H,11H2,1-3H3. The minimum Gasteiger partial charge on any atom is -0.467 e. The Hall–Kier alpha value is -3.36. The van der Waals surface area contributed by atoms with Gasteiger partial charge in [-0.15, -0.1) is 0 Å². The van der Waals surface area contributed by atoms with E-state index in [2.05, 4.69) is 5.10 Å². The van der Waals surface area contributed by atoms with Crippen molar-refractivity contribution in [2.24, 2.45) is 0 Å². The molecule has 6 nitrogen and oxygen atoms in total. The Labute approximate surface area is 164 Å². The molecule has 2 heterocycles. The lowest BCUT2D eigenvalue weighted by Gasteiger charge is -2.15. The zero-order valence-electron chi connectivity index (χ0n) is 15.9. The number of rotatable bonds is 5. The second-order valence-electron chi connectivity index (χ2n) is 6.58. The molecule has 0 unspecified atom stereocenters. The number of alkyl halides is 3. The fraction of sp³-hybridized carbons (Fsp3) is 0.250. The van der Waals surface area contributed by atoms with E-state index in [4.69, 9.17) is 4.42 Å². The van der Waals surface area contributed by atoms with Gasteiger partial charge in [0.25, 0.3) is 11.7 Å². The smallest absolute Gasteiger partial charge is 0.416 e. The van der Waals surface area contributed by atoms with Crippen LogP contribution in [0.15, 0.2) is 47.1 Å². The lowest BCUT2D eigenvalue weighted by molar-refractivity contribution is -0.137. The Balaban J connectivity index is 1.91. The van der Waals surface area contributed by atoms with Gasteiger partial charge in [0, 0.05) is 7.05 Å². The van der Waals surface area contributed by atoms with Crippen LogP contribution in [0.1, 0.15) is 33.1 Å². The number of benzene rings is 1. The molecule has 0 aliphatic rings. The molecule has 1 amide bonds. The molecule has 0 atom stereocenters. The zero-order chi connectivity index (χ0) is 21.3. The third kappa shape index (κ3) is 4.08. The Morgan fingerprint density at radius 2 is 1.90 bits per heavy atom. The van der Waals surface area contributed by atoms with Crippen LogP contribution in [0.4, 0.5) is 13.2 Å². The number of hydrogen-bond acceptors (Lipinski definition) is 4. The third-order valence-corrected chi connectivity index (χ3v) is 4.45. The van der Waals surface area contributed by atoms with Crippen LogP contribution in [0.2, 0.25) is 0 Å². The molecule has 2 aromatic heterocycles. The van der Waals surface area contributed by atoms with Crippen molar-refractivity contribution >= 4 is 11.7 Å². The summed E-state index contributed by atoms with van der Waals surface area (Å²) in [6, 6.07) is 7.96. The van der Waals surface area contributed by atoms with Gasteiger partial charge in [-0.25, -0.2) is 4.68 Å². The van der Waals surface area contributed by atoms with Gasteiger partial charge in [-0.3, -0.25) is 9.59 Å². The highest BCUT2D eigenvalue weighted by atomic mass is 19.4. The number of carbonyl (C=O) groups excluding carboxylic acids is 2. The number of carbonyl (C=O) groups is 2. The van der Waals surface area contributed by atoms with Gasteiger partial charge >= 0.3 is 6.18 Å². The highest BCUT2D eigenvalue weighted by Gasteiger charge is 2.31. The molecule has 29 heavy (non-hydrogen) atoms. The van der Waals surface area contributed by atoms with Gasteiger partial charge in [-0.05, 0) is 44.2 Å². The molecule has 3 rings (SSSR count). The Morgan fingerprint density at radius 3 is 2.52 bits per heavy atom. The number of likely N-dealkylation sites (N-methyl/N-ethyl adjacent to an activating group) is 1. The van der Waals surface area contributed by atoms with Gasteiger partial charge in [0.1, 0.15) is 5.76 Å². The molecule has 0 saturated carbocycles. The lowest BCUT2D eigenvalue weighted by atomic mass is 10.1. The number of Topliss-reactive ketones (excluding diaryl/α,β-unsaturated/α-hetero) is 1. The summed E-state index contributed by atoms with van der Waals surface area (Å²) in [5.74, 6) is -1.04. The van der Waals surface area contributed by atoms with E-state index in [0.29, 0.717) is 5.76 Å². The van der Waals surface area contributed by atoms with Gasteiger partial charge in [0.2, 0.25) is 0 Å². The Kier molecular flexibility index (Phi) is 5.32. The molecule has 0 aliphatic heterocycles. The molecular formula is C20H18F3N3O3. The maximum absolute atomic E-state index is 13.0. The van der Waals surface area contributed by atoms with Crippen LogP contribution in [-0.4, -0.2) is 33.4 Å². The SMILES string of the molecule is Cc1nn(-c2cccc(C(F)(F)F)c2)c(C)c1C(=O)C(=O)N(C)Cc1ccco1. The number of nitrogens with zero attached hydrogens (tertiary/aromatic N) is 3. The molecular weight excluding hydrogens is 387 g/mol. The fourth-order valence-corrected chi connectivity index (χ4v) is 3.03. The molecule has 3 aromatic rings. The van der Waals surface area contributed by atoms with Crippen molar-refractivity contribution in [2.45, 2.75) is 26.6 Å². The topological polar surface area (TPSA) is 68.3 Å². The van der Waals surface area contributed by atoms with Gasteiger partial charge < -0.3 is 9.32 Å². The number of ketones is 1. The molecule has 0 radical (unpaired) electrons. The minimum absolute atomic E-state index is 0.0682. The van der Waals surface area contributed by atoms with E-state index in [0.717, 1.165) is 12.1 Å². The first-order chi connectivity index (χ1) is 13.6. The second-order valence-corrected chi connectivity index (χ2v) is 6.58. The van der Waals surface area contributed by atoms with Crippen molar-refractivity contribution in [1.82, 2.24) is 14.7 Å². The van der Waals surface area contributed by atoms with Crippen LogP contribution >= 0.6 is 0 Å². The van der Waals surface area contributed by atoms with Crippen molar-refractivity contribution < 1.29 is 27.2 Å². The summed E-state index contributed by atoms with van der Waals surface area (Å²) in [7, 11) is 1.46. The van der Waals surface area contributed by atoms with Crippen LogP contribution in [0.25, 0.3) is 5.69 Å². The monoisotopic (exact) mass is 405 g/mol. The van der Waals surface area contributed by atoms with Crippen LogP contribution in [0, 0.1) is 13.8 Å². The first-order valence-corrected chi connectivity index (χ1v) is 8.65. The molecule has 0 spiro atoms. The number of amides is 1. The summed E-state index contributed by atoms with van der Waals surface area (Å²) >= 11 is 0. The predicted octanol–water partition coefficient (Wildman–Crippen LogP) is 3.94. The molecule has 0 saturated heterocycles. The zero-order valence-corrected chi connectivity index (χ0v) is 15.9. The maximum Gasteiger partial charge on any atom is 0.416 e. The molecule has 0 aliphatic carbocycles. The first-order valence-electron chi connectivity index (χ1n) is 8.65. The van der Waals surface area contributed by atoms with Crippen LogP contribution < -0.4 is 0 Å². The Morgan fingerprint density at radius 1 is 1.17 bits per heavy atom. The summed E-state index contributed by atoms with van der Waals surface area (Å²) < 4.78 is 45.4. The summed E-state index contributed by atoms with van der Waals surface area (Å²) in [6.45, 7) is 3.18. The average Bonchev–Trinajstić information content (AvgIpc) is 3.27. The summed E-state index contributed by atoms with van der Waals surface area (Å²) in [5, 5.41) is 4.18. The van der Waals surface area contributed by atoms with Gasteiger partial charge in [-0.2, -0.15) is 18.3 Å². The van der Waals surface area contributed by atoms with Crippen LogP contribution in [-0.2, 0) is 17.5 Å². The molecule has 0 N–H and O–H groups in total. The van der Waals surface area contributed by atoms with E-state index in [1.807, 2.05) is 0 Å². The summed E-state index contributed by atoms with van der Waals surface area (Å²) in [6.07, 6.45) is -3.04. The maximum atomic E-state index is 13.0. The van der Waals surface area contributed by atoms with Gasteiger partial charge in [0.05, 0.1) is 41.0 Å². The molecule has 0 bridgehead atoms. The van der Waals surface area contributed by atoms with Crippen molar-refractivity contribution in [1.29, 1.82) is 0 Å². The molecule has 1 aromatic carbocycles. The third-order valence-electron chi connectivity index (χ3n) is 4.45. The molecule has 152 valence electrons. The van der Waals surface area contributed by atoms with E-state index in [1.165, 1.54) is 48.9 Å². The van der Waals surface area contributed by atoms with Gasteiger partial charge in [0.15, 0.2) is 0 Å². The van der Waals surface area contributed by atoms with Crippen LogP contribution in [0.3, 0.4) is 0 Å². The minimum atomic E-state index is -4.50. The largest absolute Gasteiger partial charge is 0.467 e.